The molecule has 1 aromatic carbocycles. The molecular formula is C16H19NO3. The van der Waals surface area contributed by atoms with E-state index in [0.717, 1.165) is 30.6 Å². The molecular weight excluding hydrogens is 254 g/mol. The maximum atomic E-state index is 9.93. The van der Waals surface area contributed by atoms with Crippen molar-refractivity contribution in [3.05, 3.63) is 47.4 Å². The molecule has 0 aliphatic heterocycles. The molecule has 0 bridgehead atoms. The summed E-state index contributed by atoms with van der Waals surface area (Å²) in [5.74, 6) is 1.26. The highest BCUT2D eigenvalue weighted by molar-refractivity contribution is 5.40. The van der Waals surface area contributed by atoms with Crippen LogP contribution in [-0.4, -0.2) is 10.2 Å². The summed E-state index contributed by atoms with van der Waals surface area (Å²) in [6, 6.07) is 6.99. The number of benzene rings is 1. The molecule has 3 rings (SSSR count). The van der Waals surface area contributed by atoms with Gasteiger partial charge >= 0.3 is 0 Å². The Bertz CT molecular complexity index is 606. The van der Waals surface area contributed by atoms with E-state index in [1.165, 1.54) is 11.6 Å². The van der Waals surface area contributed by atoms with E-state index in [2.05, 4.69) is 5.32 Å². The number of furan rings is 1. The molecule has 1 aliphatic carbocycles. The van der Waals surface area contributed by atoms with Crippen LogP contribution >= 0.6 is 0 Å². The second kappa shape index (κ2) is 5.21. The molecule has 0 saturated heterocycles. The van der Waals surface area contributed by atoms with Gasteiger partial charge in [0.25, 0.3) is 0 Å². The van der Waals surface area contributed by atoms with Crippen LogP contribution in [0.4, 0.5) is 0 Å². The van der Waals surface area contributed by atoms with E-state index in [-0.39, 0.29) is 23.6 Å². The Kier molecular flexibility index (Phi) is 3.40. The molecule has 0 fully saturated rings. The Morgan fingerprint density at radius 2 is 2.15 bits per heavy atom. The first-order valence-electron chi connectivity index (χ1n) is 6.99. The lowest BCUT2D eigenvalue weighted by atomic mass is 9.92. The van der Waals surface area contributed by atoms with Crippen molar-refractivity contribution in [2.75, 3.05) is 0 Å². The van der Waals surface area contributed by atoms with Gasteiger partial charge in [0.2, 0.25) is 0 Å². The standard InChI is InChI=1S/C16H19NO3/c1-10(12-6-5-11(18)9-15(12)19)17-14-3-2-4-16-13(14)7-8-20-16/h5-10,14,17-19H,2-4H2,1H3. The lowest BCUT2D eigenvalue weighted by Crippen LogP contribution is -2.27. The number of rotatable bonds is 3. The molecule has 2 atom stereocenters. The molecule has 2 unspecified atom stereocenters. The van der Waals surface area contributed by atoms with Crippen molar-refractivity contribution in [3.8, 4) is 11.5 Å². The van der Waals surface area contributed by atoms with Gasteiger partial charge in [-0.2, -0.15) is 0 Å². The quantitative estimate of drug-likeness (QED) is 0.801. The van der Waals surface area contributed by atoms with Crippen LogP contribution in [0.15, 0.2) is 34.9 Å². The zero-order valence-electron chi connectivity index (χ0n) is 11.5. The monoisotopic (exact) mass is 273 g/mol. The fraction of sp³-hybridized carbons (Fsp3) is 0.375. The summed E-state index contributed by atoms with van der Waals surface area (Å²) in [4.78, 5) is 0. The van der Waals surface area contributed by atoms with Gasteiger partial charge in [-0.3, -0.25) is 0 Å². The molecule has 1 aromatic heterocycles. The minimum atomic E-state index is 0.00134. The highest BCUT2D eigenvalue weighted by Crippen LogP contribution is 2.34. The largest absolute Gasteiger partial charge is 0.508 e. The van der Waals surface area contributed by atoms with Crippen LogP contribution in [0.3, 0.4) is 0 Å². The lowest BCUT2D eigenvalue weighted by molar-refractivity contribution is 0.377. The third-order valence-corrected chi connectivity index (χ3v) is 3.98. The first-order chi connectivity index (χ1) is 9.65. The number of fused-ring (bicyclic) bond motifs is 1. The molecule has 0 radical (unpaired) electrons. The zero-order valence-corrected chi connectivity index (χ0v) is 11.5. The van der Waals surface area contributed by atoms with Crippen LogP contribution in [0.25, 0.3) is 0 Å². The SMILES string of the molecule is CC(NC1CCCc2occc21)c1ccc(O)cc1O. The minimum Gasteiger partial charge on any atom is -0.508 e. The average Bonchev–Trinajstić information content (AvgIpc) is 2.87. The average molecular weight is 273 g/mol. The summed E-state index contributed by atoms with van der Waals surface area (Å²) in [6.07, 6.45) is 4.91. The summed E-state index contributed by atoms with van der Waals surface area (Å²) < 4.78 is 5.49. The number of aryl methyl sites for hydroxylation is 1. The van der Waals surface area contributed by atoms with E-state index in [9.17, 15) is 10.2 Å². The Labute approximate surface area is 118 Å². The van der Waals surface area contributed by atoms with Crippen LogP contribution in [-0.2, 0) is 6.42 Å². The number of aromatic hydroxyl groups is 2. The van der Waals surface area contributed by atoms with Crippen molar-refractivity contribution in [2.45, 2.75) is 38.3 Å². The molecule has 1 heterocycles. The van der Waals surface area contributed by atoms with E-state index < -0.39 is 0 Å². The van der Waals surface area contributed by atoms with Crippen LogP contribution in [0.2, 0.25) is 0 Å². The van der Waals surface area contributed by atoms with E-state index in [1.807, 2.05) is 13.0 Å². The summed E-state index contributed by atoms with van der Waals surface area (Å²) >= 11 is 0. The normalized spacial score (nSPS) is 19.6. The molecule has 20 heavy (non-hydrogen) atoms. The van der Waals surface area contributed by atoms with Gasteiger partial charge in [-0.05, 0) is 31.9 Å². The Morgan fingerprint density at radius 1 is 1.30 bits per heavy atom. The molecule has 4 nitrogen and oxygen atoms in total. The third-order valence-electron chi connectivity index (χ3n) is 3.98. The van der Waals surface area contributed by atoms with Crippen LogP contribution in [0.5, 0.6) is 11.5 Å². The van der Waals surface area contributed by atoms with Crippen molar-refractivity contribution in [2.24, 2.45) is 0 Å². The Balaban J connectivity index is 1.79. The maximum Gasteiger partial charge on any atom is 0.124 e. The van der Waals surface area contributed by atoms with Gasteiger partial charge in [0.1, 0.15) is 17.3 Å². The third kappa shape index (κ3) is 2.39. The summed E-state index contributed by atoms with van der Waals surface area (Å²) in [5, 5.41) is 22.8. The molecule has 3 N–H and O–H groups in total. The van der Waals surface area contributed by atoms with E-state index in [4.69, 9.17) is 4.42 Å². The summed E-state index contributed by atoms with van der Waals surface area (Å²) in [5.41, 5.74) is 2.01. The van der Waals surface area contributed by atoms with Gasteiger partial charge in [0, 0.05) is 35.7 Å². The molecule has 1 aliphatic rings. The van der Waals surface area contributed by atoms with Crippen molar-refractivity contribution < 1.29 is 14.6 Å². The van der Waals surface area contributed by atoms with Gasteiger partial charge in [-0.25, -0.2) is 0 Å². The molecule has 4 heteroatoms. The first kappa shape index (κ1) is 13.1. The van der Waals surface area contributed by atoms with Crippen LogP contribution < -0.4 is 5.32 Å². The number of hydrogen-bond donors (Lipinski definition) is 3. The van der Waals surface area contributed by atoms with Gasteiger partial charge in [0.05, 0.1) is 6.26 Å². The molecule has 0 amide bonds. The Morgan fingerprint density at radius 3 is 2.95 bits per heavy atom. The molecule has 106 valence electrons. The van der Waals surface area contributed by atoms with Gasteiger partial charge in [-0.1, -0.05) is 6.07 Å². The predicted octanol–water partition coefficient (Wildman–Crippen LogP) is 3.42. The smallest absolute Gasteiger partial charge is 0.124 e. The van der Waals surface area contributed by atoms with Gasteiger partial charge in [0.15, 0.2) is 0 Å². The maximum absolute atomic E-state index is 9.93. The molecule has 0 spiro atoms. The fourth-order valence-corrected chi connectivity index (χ4v) is 2.95. The highest BCUT2D eigenvalue weighted by atomic mass is 16.3. The zero-order chi connectivity index (χ0) is 14.1. The predicted molar refractivity (Wildman–Crippen MR) is 75.7 cm³/mol. The van der Waals surface area contributed by atoms with Crippen molar-refractivity contribution in [1.29, 1.82) is 0 Å². The molecule has 0 saturated carbocycles. The van der Waals surface area contributed by atoms with Crippen LogP contribution in [0, 0.1) is 0 Å². The number of phenols is 2. The van der Waals surface area contributed by atoms with Crippen molar-refractivity contribution in [1.82, 2.24) is 5.32 Å². The fourth-order valence-electron chi connectivity index (χ4n) is 2.95. The number of nitrogens with one attached hydrogen (secondary N) is 1. The Hall–Kier alpha value is -1.94. The van der Waals surface area contributed by atoms with E-state index >= 15 is 0 Å². The minimum absolute atomic E-state index is 0.00134. The van der Waals surface area contributed by atoms with Crippen molar-refractivity contribution in [3.63, 3.8) is 0 Å². The number of phenolic OH excluding ortho intramolecular Hbond substituents is 2. The second-order valence-corrected chi connectivity index (χ2v) is 5.38. The topological polar surface area (TPSA) is 65.6 Å². The van der Waals surface area contributed by atoms with E-state index in [0.29, 0.717) is 0 Å². The van der Waals surface area contributed by atoms with Crippen LogP contribution in [0.1, 0.15) is 48.7 Å². The lowest BCUT2D eigenvalue weighted by Gasteiger charge is -2.27. The van der Waals surface area contributed by atoms with Crippen molar-refractivity contribution >= 4 is 0 Å². The first-order valence-corrected chi connectivity index (χ1v) is 6.99. The van der Waals surface area contributed by atoms with E-state index in [1.54, 1.807) is 18.4 Å². The molecule has 2 aromatic rings. The number of hydrogen-bond acceptors (Lipinski definition) is 4. The summed E-state index contributed by atoms with van der Waals surface area (Å²) in [6.45, 7) is 2.01. The highest BCUT2D eigenvalue weighted by Gasteiger charge is 2.24. The van der Waals surface area contributed by atoms with Gasteiger partial charge < -0.3 is 19.9 Å². The van der Waals surface area contributed by atoms with Gasteiger partial charge in [-0.15, -0.1) is 0 Å². The summed E-state index contributed by atoms with van der Waals surface area (Å²) in [7, 11) is 0. The second-order valence-electron chi connectivity index (χ2n) is 5.38.